The Kier molecular flexibility index (Phi) is 3.27. The summed E-state index contributed by atoms with van der Waals surface area (Å²) >= 11 is 0. The van der Waals surface area contributed by atoms with Crippen LogP contribution in [0.25, 0.3) is 5.69 Å². The van der Waals surface area contributed by atoms with Gasteiger partial charge in [0.15, 0.2) is 5.69 Å². The van der Waals surface area contributed by atoms with Crippen LogP contribution in [0.5, 0.6) is 0 Å². The maximum atomic E-state index is 11.0. The molecule has 0 unspecified atom stereocenters. The van der Waals surface area contributed by atoms with Crippen LogP contribution >= 0.6 is 0 Å². The van der Waals surface area contributed by atoms with Crippen LogP contribution in [0.15, 0.2) is 18.3 Å². The van der Waals surface area contributed by atoms with Gasteiger partial charge in [-0.05, 0) is 32.4 Å². The number of hydrogen-bond acceptors (Lipinski definition) is 4. The molecule has 2 rings (SSSR count). The maximum Gasteiger partial charge on any atom is 0.356 e. The predicted octanol–water partition coefficient (Wildman–Crippen LogP) is 2.40. The number of nitrogens with zero attached hydrogens (tertiary/aromatic N) is 3. The first-order chi connectivity index (χ1) is 9.31. The van der Waals surface area contributed by atoms with Gasteiger partial charge in [0.2, 0.25) is 0 Å². The van der Waals surface area contributed by atoms with E-state index in [0.29, 0.717) is 22.4 Å². The minimum atomic E-state index is -1.10. The topological polar surface area (TPSA) is 98.3 Å². The van der Waals surface area contributed by atoms with Crippen LogP contribution in [0.2, 0.25) is 0 Å². The van der Waals surface area contributed by atoms with Crippen LogP contribution in [-0.2, 0) is 0 Å². The molecule has 7 heteroatoms. The molecular formula is C13H13N3O4. The summed E-state index contributed by atoms with van der Waals surface area (Å²) in [5.74, 6) is -1.10. The van der Waals surface area contributed by atoms with Crippen LogP contribution in [0, 0.1) is 30.9 Å². The fourth-order valence-corrected chi connectivity index (χ4v) is 2.02. The second kappa shape index (κ2) is 4.76. The highest BCUT2D eigenvalue weighted by atomic mass is 16.6. The number of carbonyl (C=O) groups is 1. The first-order valence-electron chi connectivity index (χ1n) is 5.87. The van der Waals surface area contributed by atoms with Gasteiger partial charge in [-0.2, -0.15) is 5.10 Å². The summed E-state index contributed by atoms with van der Waals surface area (Å²) in [6.45, 7) is 5.01. The standard InChI is InChI=1S/C13H13N3O4/c1-7-5-11(16(19)20)8(2)4-10(7)15-6-9(3)12(14-15)13(17)18/h4-6H,1-3H3,(H,17,18). The fourth-order valence-electron chi connectivity index (χ4n) is 2.02. The average Bonchev–Trinajstić information content (AvgIpc) is 2.73. The molecule has 0 atom stereocenters. The van der Waals surface area contributed by atoms with Crippen LogP contribution in [0.4, 0.5) is 5.69 Å². The summed E-state index contributed by atoms with van der Waals surface area (Å²) in [4.78, 5) is 21.4. The van der Waals surface area contributed by atoms with Gasteiger partial charge in [0.1, 0.15) is 0 Å². The van der Waals surface area contributed by atoms with Gasteiger partial charge in [-0.15, -0.1) is 0 Å². The number of aryl methyl sites for hydroxylation is 3. The van der Waals surface area contributed by atoms with Crippen LogP contribution in [0.1, 0.15) is 27.2 Å². The minimum absolute atomic E-state index is 0.0274. The van der Waals surface area contributed by atoms with Gasteiger partial charge in [0.05, 0.1) is 10.6 Å². The van der Waals surface area contributed by atoms with E-state index in [9.17, 15) is 14.9 Å². The molecule has 20 heavy (non-hydrogen) atoms. The molecule has 0 aliphatic rings. The quantitative estimate of drug-likeness (QED) is 0.685. The van der Waals surface area contributed by atoms with Crippen molar-refractivity contribution in [3.63, 3.8) is 0 Å². The van der Waals surface area contributed by atoms with Crippen molar-refractivity contribution in [2.24, 2.45) is 0 Å². The lowest BCUT2D eigenvalue weighted by atomic mass is 10.1. The van der Waals surface area contributed by atoms with Crippen LogP contribution in [-0.4, -0.2) is 25.8 Å². The molecule has 0 fully saturated rings. The van der Waals surface area contributed by atoms with Crippen molar-refractivity contribution in [1.82, 2.24) is 9.78 Å². The summed E-state index contributed by atoms with van der Waals surface area (Å²) in [5.41, 5.74) is 2.33. The van der Waals surface area contributed by atoms with Crippen molar-refractivity contribution in [2.45, 2.75) is 20.8 Å². The van der Waals surface area contributed by atoms with Crippen molar-refractivity contribution in [2.75, 3.05) is 0 Å². The van der Waals surface area contributed by atoms with Crippen molar-refractivity contribution >= 4 is 11.7 Å². The van der Waals surface area contributed by atoms with Gasteiger partial charge < -0.3 is 5.11 Å². The Morgan fingerprint density at radius 2 is 1.90 bits per heavy atom. The van der Waals surface area contributed by atoms with Gasteiger partial charge in [-0.1, -0.05) is 0 Å². The van der Waals surface area contributed by atoms with Gasteiger partial charge in [0.25, 0.3) is 5.69 Å². The zero-order valence-corrected chi connectivity index (χ0v) is 11.2. The van der Waals surface area contributed by atoms with Gasteiger partial charge >= 0.3 is 5.97 Å². The monoisotopic (exact) mass is 275 g/mol. The highest BCUT2D eigenvalue weighted by molar-refractivity contribution is 5.86. The Bertz CT molecular complexity index is 719. The lowest BCUT2D eigenvalue weighted by Crippen LogP contribution is -2.04. The third-order valence-corrected chi connectivity index (χ3v) is 3.06. The van der Waals surface area contributed by atoms with E-state index in [4.69, 9.17) is 5.11 Å². The van der Waals surface area contributed by atoms with E-state index < -0.39 is 10.9 Å². The highest BCUT2D eigenvalue weighted by Crippen LogP contribution is 2.25. The second-order valence-electron chi connectivity index (χ2n) is 4.59. The molecule has 0 aliphatic carbocycles. The van der Waals surface area contributed by atoms with Crippen LogP contribution < -0.4 is 0 Å². The molecule has 0 saturated carbocycles. The molecule has 1 heterocycles. The smallest absolute Gasteiger partial charge is 0.356 e. The van der Waals surface area contributed by atoms with E-state index in [-0.39, 0.29) is 11.4 Å². The lowest BCUT2D eigenvalue weighted by Gasteiger charge is -2.07. The van der Waals surface area contributed by atoms with Gasteiger partial charge in [0, 0.05) is 23.4 Å². The Morgan fingerprint density at radius 3 is 2.40 bits per heavy atom. The highest BCUT2D eigenvalue weighted by Gasteiger charge is 2.17. The molecular weight excluding hydrogens is 262 g/mol. The number of nitro benzene ring substituents is 1. The largest absolute Gasteiger partial charge is 0.476 e. The molecule has 0 spiro atoms. The molecule has 0 bridgehead atoms. The number of aromatic nitrogens is 2. The van der Waals surface area contributed by atoms with E-state index in [0.717, 1.165) is 0 Å². The molecule has 0 aliphatic heterocycles. The first kappa shape index (κ1) is 13.7. The van der Waals surface area contributed by atoms with Crippen molar-refractivity contribution in [3.8, 4) is 5.69 Å². The number of benzene rings is 1. The number of carboxylic acid groups (broad SMARTS) is 1. The third-order valence-electron chi connectivity index (χ3n) is 3.06. The molecule has 0 saturated heterocycles. The third kappa shape index (κ3) is 2.25. The molecule has 0 radical (unpaired) electrons. The summed E-state index contributed by atoms with van der Waals surface area (Å²) in [5, 5.41) is 23.9. The summed E-state index contributed by atoms with van der Waals surface area (Å²) in [6.07, 6.45) is 1.59. The summed E-state index contributed by atoms with van der Waals surface area (Å²) < 4.78 is 1.44. The number of nitro groups is 1. The Labute approximate surface area is 114 Å². The Balaban J connectivity index is 2.59. The SMILES string of the molecule is Cc1cc([N+](=O)[O-])c(C)cc1-n1cc(C)c(C(=O)O)n1. The lowest BCUT2D eigenvalue weighted by molar-refractivity contribution is -0.385. The van der Waals surface area contributed by atoms with E-state index in [1.54, 1.807) is 33.0 Å². The maximum absolute atomic E-state index is 11.0. The van der Waals surface area contributed by atoms with Gasteiger partial charge in [-0.25, -0.2) is 9.48 Å². The van der Waals surface area contributed by atoms with E-state index in [2.05, 4.69) is 5.10 Å². The zero-order chi connectivity index (χ0) is 15.0. The summed E-state index contributed by atoms with van der Waals surface area (Å²) in [6, 6.07) is 3.09. The molecule has 2 aromatic rings. The zero-order valence-electron chi connectivity index (χ0n) is 11.2. The Morgan fingerprint density at radius 1 is 1.25 bits per heavy atom. The van der Waals surface area contributed by atoms with Crippen molar-refractivity contribution in [3.05, 3.63) is 50.8 Å². The molecule has 104 valence electrons. The normalized spacial score (nSPS) is 10.6. The molecule has 1 aromatic heterocycles. The first-order valence-corrected chi connectivity index (χ1v) is 5.87. The van der Waals surface area contributed by atoms with E-state index in [1.165, 1.54) is 10.7 Å². The molecule has 1 aromatic carbocycles. The van der Waals surface area contributed by atoms with Crippen LogP contribution in [0.3, 0.4) is 0 Å². The number of rotatable bonds is 3. The Hall–Kier alpha value is -2.70. The van der Waals surface area contributed by atoms with Gasteiger partial charge in [-0.3, -0.25) is 10.1 Å². The molecule has 1 N–H and O–H groups in total. The number of carboxylic acids is 1. The minimum Gasteiger partial charge on any atom is -0.476 e. The summed E-state index contributed by atoms with van der Waals surface area (Å²) in [7, 11) is 0. The van der Waals surface area contributed by atoms with Crippen molar-refractivity contribution in [1.29, 1.82) is 0 Å². The molecule has 7 nitrogen and oxygen atoms in total. The van der Waals surface area contributed by atoms with Crippen molar-refractivity contribution < 1.29 is 14.8 Å². The predicted molar refractivity (Wildman–Crippen MR) is 71.4 cm³/mol. The van der Waals surface area contributed by atoms with E-state index >= 15 is 0 Å². The number of aromatic carboxylic acids is 1. The number of hydrogen-bond donors (Lipinski definition) is 1. The second-order valence-corrected chi connectivity index (χ2v) is 4.59. The fraction of sp³-hybridized carbons (Fsp3) is 0.231. The molecule has 0 amide bonds. The average molecular weight is 275 g/mol. The van der Waals surface area contributed by atoms with E-state index in [1.807, 2.05) is 0 Å².